The highest BCUT2D eigenvalue weighted by Gasteiger charge is 2.05. The zero-order chi connectivity index (χ0) is 12.8. The van der Waals surface area contributed by atoms with Crippen LogP contribution in [-0.2, 0) is 14.3 Å². The first kappa shape index (κ1) is 13.5. The predicted octanol–water partition coefficient (Wildman–Crippen LogP) is 1.69. The molecule has 2 N–H and O–H groups in total. The molecule has 1 aromatic rings. The van der Waals surface area contributed by atoms with Gasteiger partial charge in [0.15, 0.2) is 0 Å². The minimum atomic E-state index is -1.11. The van der Waals surface area contributed by atoms with Crippen LogP contribution in [0.2, 0.25) is 5.02 Å². The molecule has 0 fully saturated rings. The Labute approximate surface area is 103 Å². The van der Waals surface area contributed by atoms with E-state index in [1.807, 2.05) is 6.92 Å². The summed E-state index contributed by atoms with van der Waals surface area (Å²) in [5, 5.41) is 11.4. The van der Waals surface area contributed by atoms with Gasteiger partial charge in [0, 0.05) is 10.7 Å². The average Bonchev–Trinajstić information content (AvgIpc) is 2.23. The number of ether oxygens (including phenoxy) is 1. The van der Waals surface area contributed by atoms with E-state index in [1.165, 1.54) is 0 Å². The summed E-state index contributed by atoms with van der Waals surface area (Å²) in [4.78, 5) is 21.5. The van der Waals surface area contributed by atoms with Gasteiger partial charge in [-0.1, -0.05) is 17.7 Å². The fourth-order valence-electron chi connectivity index (χ4n) is 1.10. The van der Waals surface area contributed by atoms with Crippen molar-refractivity contribution >= 4 is 29.2 Å². The SMILES string of the molecule is Cc1ccc(NC(=O)COCC(=O)O)cc1Cl. The molecular formula is C11H12ClNO4. The molecule has 0 aliphatic rings. The third-order valence-corrected chi connectivity index (χ3v) is 2.32. The van der Waals surface area contributed by atoms with Gasteiger partial charge in [-0.25, -0.2) is 4.79 Å². The number of benzene rings is 1. The van der Waals surface area contributed by atoms with Crippen molar-refractivity contribution in [3.63, 3.8) is 0 Å². The number of hydrogen-bond donors (Lipinski definition) is 2. The molecule has 0 atom stereocenters. The van der Waals surface area contributed by atoms with E-state index in [2.05, 4.69) is 10.1 Å². The smallest absolute Gasteiger partial charge is 0.329 e. The molecule has 0 bridgehead atoms. The van der Waals surface area contributed by atoms with Crippen molar-refractivity contribution in [2.45, 2.75) is 6.92 Å². The second-order valence-electron chi connectivity index (χ2n) is 3.40. The Bertz CT molecular complexity index is 433. The number of anilines is 1. The van der Waals surface area contributed by atoms with Crippen LogP contribution in [0.3, 0.4) is 0 Å². The summed E-state index contributed by atoms with van der Waals surface area (Å²) in [6.07, 6.45) is 0. The lowest BCUT2D eigenvalue weighted by atomic mass is 10.2. The van der Waals surface area contributed by atoms with E-state index >= 15 is 0 Å². The summed E-state index contributed by atoms with van der Waals surface area (Å²) in [6.45, 7) is 1.05. The topological polar surface area (TPSA) is 75.6 Å². The molecule has 0 unspecified atom stereocenters. The molecule has 6 heteroatoms. The van der Waals surface area contributed by atoms with Gasteiger partial charge in [-0.3, -0.25) is 4.79 Å². The van der Waals surface area contributed by atoms with E-state index < -0.39 is 18.5 Å². The maximum Gasteiger partial charge on any atom is 0.329 e. The van der Waals surface area contributed by atoms with Crippen molar-refractivity contribution < 1.29 is 19.4 Å². The molecule has 1 rings (SSSR count). The minimum absolute atomic E-state index is 0.308. The highest BCUT2D eigenvalue weighted by molar-refractivity contribution is 6.31. The summed E-state index contributed by atoms with van der Waals surface area (Å²) >= 11 is 5.88. The van der Waals surface area contributed by atoms with Gasteiger partial charge >= 0.3 is 5.97 Å². The number of hydrogen-bond acceptors (Lipinski definition) is 3. The van der Waals surface area contributed by atoms with Crippen LogP contribution < -0.4 is 5.32 Å². The van der Waals surface area contributed by atoms with Crippen molar-refractivity contribution in [1.82, 2.24) is 0 Å². The number of carboxylic acids is 1. The van der Waals surface area contributed by atoms with Gasteiger partial charge in [0.1, 0.15) is 13.2 Å². The van der Waals surface area contributed by atoms with Crippen LogP contribution in [-0.4, -0.2) is 30.2 Å². The van der Waals surface area contributed by atoms with Crippen LogP contribution in [0.25, 0.3) is 0 Å². The molecule has 1 amide bonds. The van der Waals surface area contributed by atoms with E-state index in [1.54, 1.807) is 18.2 Å². The van der Waals surface area contributed by atoms with Crippen LogP contribution in [0.1, 0.15) is 5.56 Å². The Morgan fingerprint density at radius 3 is 2.71 bits per heavy atom. The highest BCUT2D eigenvalue weighted by atomic mass is 35.5. The number of nitrogens with one attached hydrogen (secondary N) is 1. The number of rotatable bonds is 5. The normalized spacial score (nSPS) is 10.0. The van der Waals surface area contributed by atoms with Crippen molar-refractivity contribution in [1.29, 1.82) is 0 Å². The van der Waals surface area contributed by atoms with Crippen LogP contribution in [0.15, 0.2) is 18.2 Å². The molecule has 0 saturated carbocycles. The molecule has 0 spiro atoms. The fourth-order valence-corrected chi connectivity index (χ4v) is 1.28. The molecule has 92 valence electrons. The molecular weight excluding hydrogens is 246 g/mol. The molecule has 0 aliphatic carbocycles. The Morgan fingerprint density at radius 1 is 1.41 bits per heavy atom. The van der Waals surface area contributed by atoms with Crippen molar-refractivity contribution in [3.8, 4) is 0 Å². The Balaban J connectivity index is 2.45. The van der Waals surface area contributed by atoms with E-state index in [0.717, 1.165) is 5.56 Å². The molecule has 0 aliphatic heterocycles. The second-order valence-corrected chi connectivity index (χ2v) is 3.81. The molecule has 5 nitrogen and oxygen atoms in total. The van der Waals surface area contributed by atoms with Crippen molar-refractivity contribution in [3.05, 3.63) is 28.8 Å². The number of amides is 1. The third-order valence-electron chi connectivity index (χ3n) is 1.91. The van der Waals surface area contributed by atoms with Gasteiger partial charge < -0.3 is 15.2 Å². The zero-order valence-corrected chi connectivity index (χ0v) is 9.95. The molecule has 0 saturated heterocycles. The quantitative estimate of drug-likeness (QED) is 0.842. The number of carboxylic acid groups (broad SMARTS) is 1. The number of aryl methyl sites for hydroxylation is 1. The summed E-state index contributed by atoms with van der Waals surface area (Å²) in [6, 6.07) is 5.10. The van der Waals surface area contributed by atoms with Crippen LogP contribution in [0.4, 0.5) is 5.69 Å². The third kappa shape index (κ3) is 4.84. The highest BCUT2D eigenvalue weighted by Crippen LogP contribution is 2.19. The Kier molecular flexibility index (Phi) is 4.93. The summed E-state index contributed by atoms with van der Waals surface area (Å²) in [5.74, 6) is -1.54. The average molecular weight is 258 g/mol. The summed E-state index contributed by atoms with van der Waals surface area (Å²) in [5.41, 5.74) is 1.45. The van der Waals surface area contributed by atoms with E-state index in [-0.39, 0.29) is 6.61 Å². The van der Waals surface area contributed by atoms with E-state index in [4.69, 9.17) is 16.7 Å². The van der Waals surface area contributed by atoms with Crippen LogP contribution >= 0.6 is 11.6 Å². The lowest BCUT2D eigenvalue weighted by molar-refractivity contribution is -0.143. The minimum Gasteiger partial charge on any atom is -0.480 e. The van der Waals surface area contributed by atoms with Crippen LogP contribution in [0.5, 0.6) is 0 Å². The predicted molar refractivity (Wildman–Crippen MR) is 63.3 cm³/mol. The van der Waals surface area contributed by atoms with Crippen molar-refractivity contribution in [2.75, 3.05) is 18.5 Å². The lowest BCUT2D eigenvalue weighted by Crippen LogP contribution is -2.20. The molecule has 0 radical (unpaired) electrons. The number of halogens is 1. The van der Waals surface area contributed by atoms with Gasteiger partial charge in [0.25, 0.3) is 0 Å². The van der Waals surface area contributed by atoms with E-state index in [9.17, 15) is 9.59 Å². The zero-order valence-electron chi connectivity index (χ0n) is 9.20. The van der Waals surface area contributed by atoms with E-state index in [0.29, 0.717) is 10.7 Å². The number of carbonyl (C=O) groups is 2. The standard InChI is InChI=1S/C11H12ClNO4/c1-7-2-3-8(4-9(7)12)13-10(14)5-17-6-11(15)16/h2-4H,5-6H2,1H3,(H,13,14)(H,15,16). The first-order valence-corrected chi connectivity index (χ1v) is 5.22. The molecule has 17 heavy (non-hydrogen) atoms. The van der Waals surface area contributed by atoms with Crippen LogP contribution in [0, 0.1) is 6.92 Å². The van der Waals surface area contributed by atoms with Gasteiger partial charge in [-0.2, -0.15) is 0 Å². The lowest BCUT2D eigenvalue weighted by Gasteiger charge is -2.06. The largest absolute Gasteiger partial charge is 0.480 e. The number of aliphatic carboxylic acids is 1. The second kappa shape index (κ2) is 6.22. The monoisotopic (exact) mass is 257 g/mol. The number of carbonyl (C=O) groups excluding carboxylic acids is 1. The van der Waals surface area contributed by atoms with Gasteiger partial charge in [-0.05, 0) is 24.6 Å². The maximum absolute atomic E-state index is 11.3. The first-order valence-electron chi connectivity index (χ1n) is 4.84. The first-order chi connectivity index (χ1) is 7.99. The Morgan fingerprint density at radius 2 is 2.12 bits per heavy atom. The summed E-state index contributed by atoms with van der Waals surface area (Å²) in [7, 11) is 0. The fraction of sp³-hybridized carbons (Fsp3) is 0.273. The van der Waals surface area contributed by atoms with Gasteiger partial charge in [-0.15, -0.1) is 0 Å². The molecule has 0 aromatic heterocycles. The maximum atomic E-state index is 11.3. The van der Waals surface area contributed by atoms with Gasteiger partial charge in [0.05, 0.1) is 0 Å². The summed E-state index contributed by atoms with van der Waals surface area (Å²) < 4.78 is 4.64. The molecule has 1 aromatic carbocycles. The Hall–Kier alpha value is -1.59. The molecule has 0 heterocycles. The van der Waals surface area contributed by atoms with Gasteiger partial charge in [0.2, 0.25) is 5.91 Å². The van der Waals surface area contributed by atoms with Crippen molar-refractivity contribution in [2.24, 2.45) is 0 Å².